The van der Waals surface area contributed by atoms with E-state index < -0.39 is 5.82 Å². The van der Waals surface area contributed by atoms with Crippen LogP contribution in [0.4, 0.5) is 4.39 Å². The molecule has 0 bridgehead atoms. The highest BCUT2D eigenvalue weighted by atomic mass is 35.5. The van der Waals surface area contributed by atoms with Gasteiger partial charge in [0, 0.05) is 18.2 Å². The molecule has 2 nitrogen and oxygen atoms in total. The Bertz CT molecular complexity index is 354. The van der Waals surface area contributed by atoms with Crippen LogP contribution >= 0.6 is 11.6 Å². The maximum atomic E-state index is 13.1. The van der Waals surface area contributed by atoms with E-state index in [0.717, 1.165) is 23.7 Å². The highest BCUT2D eigenvalue weighted by Crippen LogP contribution is 2.32. The van der Waals surface area contributed by atoms with Crippen molar-refractivity contribution in [1.82, 2.24) is 5.32 Å². The fourth-order valence-electron chi connectivity index (χ4n) is 1.59. The second-order valence-corrected chi connectivity index (χ2v) is 3.45. The highest BCUT2D eigenvalue weighted by molar-refractivity contribution is 6.31. The van der Waals surface area contributed by atoms with Gasteiger partial charge in [0.25, 0.3) is 0 Å². The van der Waals surface area contributed by atoms with E-state index in [-0.39, 0.29) is 10.8 Å². The number of aromatic hydroxyl groups is 1. The normalized spacial score (nSPS) is 15.5. The molecule has 2 rings (SSSR count). The van der Waals surface area contributed by atoms with Gasteiger partial charge in [-0.15, -0.1) is 0 Å². The van der Waals surface area contributed by atoms with Crippen LogP contribution in [0.25, 0.3) is 0 Å². The third-order valence-electron chi connectivity index (χ3n) is 2.27. The topological polar surface area (TPSA) is 32.3 Å². The minimum atomic E-state index is -0.542. The van der Waals surface area contributed by atoms with E-state index in [4.69, 9.17) is 11.6 Å². The Labute approximate surface area is 80.3 Å². The predicted octanol–water partition coefficient (Wildman–Crippen LogP) is 1.83. The number of hydrogen-bond donors (Lipinski definition) is 2. The number of benzene rings is 1. The minimum absolute atomic E-state index is 0.0101. The summed E-state index contributed by atoms with van der Waals surface area (Å²) in [6.45, 7) is 1.33. The number of fused-ring (bicyclic) bond motifs is 1. The summed E-state index contributed by atoms with van der Waals surface area (Å²) in [5.74, 6) is -0.552. The average Bonchev–Trinajstić information content (AvgIpc) is 2.15. The Kier molecular flexibility index (Phi) is 2.14. The molecule has 0 unspecified atom stereocenters. The summed E-state index contributed by atoms with van der Waals surface area (Å²) in [4.78, 5) is 0. The molecule has 1 heterocycles. The monoisotopic (exact) mass is 201 g/mol. The van der Waals surface area contributed by atoms with Gasteiger partial charge in [0.2, 0.25) is 0 Å². The van der Waals surface area contributed by atoms with Gasteiger partial charge in [-0.25, -0.2) is 4.39 Å². The van der Waals surface area contributed by atoms with Crippen LogP contribution in [0.15, 0.2) is 6.07 Å². The summed E-state index contributed by atoms with van der Waals surface area (Å²) >= 11 is 5.77. The zero-order valence-corrected chi connectivity index (χ0v) is 7.66. The number of rotatable bonds is 0. The minimum Gasteiger partial charge on any atom is -0.508 e. The van der Waals surface area contributed by atoms with E-state index in [1.54, 1.807) is 0 Å². The molecule has 0 spiro atoms. The largest absolute Gasteiger partial charge is 0.508 e. The number of hydrogen-bond acceptors (Lipinski definition) is 2. The Hall–Kier alpha value is -0.800. The van der Waals surface area contributed by atoms with Gasteiger partial charge in [0.05, 0.1) is 5.02 Å². The zero-order chi connectivity index (χ0) is 9.42. The van der Waals surface area contributed by atoms with Crippen molar-refractivity contribution in [2.45, 2.75) is 13.0 Å². The van der Waals surface area contributed by atoms with Crippen LogP contribution in [0.1, 0.15) is 11.1 Å². The Morgan fingerprint density at radius 2 is 2.23 bits per heavy atom. The molecule has 70 valence electrons. The molecule has 0 aromatic heterocycles. The van der Waals surface area contributed by atoms with Crippen LogP contribution < -0.4 is 5.32 Å². The molecule has 0 amide bonds. The summed E-state index contributed by atoms with van der Waals surface area (Å²) in [6.07, 6.45) is 0.666. The van der Waals surface area contributed by atoms with Crippen LogP contribution in [0, 0.1) is 5.82 Å². The molecule has 0 radical (unpaired) electrons. The average molecular weight is 202 g/mol. The summed E-state index contributed by atoms with van der Waals surface area (Å²) in [6, 6.07) is 1.06. The van der Waals surface area contributed by atoms with Gasteiger partial charge in [-0.1, -0.05) is 11.6 Å². The maximum absolute atomic E-state index is 13.1. The van der Waals surface area contributed by atoms with E-state index in [1.165, 1.54) is 0 Å². The van der Waals surface area contributed by atoms with Crippen molar-refractivity contribution in [2.75, 3.05) is 6.54 Å². The summed E-state index contributed by atoms with van der Waals surface area (Å²) in [7, 11) is 0. The lowest BCUT2D eigenvalue weighted by Crippen LogP contribution is -2.24. The van der Waals surface area contributed by atoms with Gasteiger partial charge in [-0.3, -0.25) is 0 Å². The van der Waals surface area contributed by atoms with E-state index in [9.17, 15) is 9.50 Å². The van der Waals surface area contributed by atoms with E-state index >= 15 is 0 Å². The first-order chi connectivity index (χ1) is 6.20. The third kappa shape index (κ3) is 1.38. The van der Waals surface area contributed by atoms with Crippen LogP contribution in [-0.2, 0) is 13.0 Å². The van der Waals surface area contributed by atoms with Gasteiger partial charge in [-0.05, 0) is 18.5 Å². The first-order valence-corrected chi connectivity index (χ1v) is 4.47. The first kappa shape index (κ1) is 8.78. The van der Waals surface area contributed by atoms with Crippen molar-refractivity contribution in [3.05, 3.63) is 28.0 Å². The summed E-state index contributed by atoms with van der Waals surface area (Å²) < 4.78 is 13.1. The van der Waals surface area contributed by atoms with Crippen LogP contribution in [-0.4, -0.2) is 11.7 Å². The molecule has 1 aliphatic rings. The smallest absolute Gasteiger partial charge is 0.145 e. The SMILES string of the molecule is Oc1cc(F)c(Cl)c2c1CNCC2. The quantitative estimate of drug-likeness (QED) is 0.671. The molecule has 0 aliphatic carbocycles. The van der Waals surface area contributed by atoms with Gasteiger partial charge >= 0.3 is 0 Å². The third-order valence-corrected chi connectivity index (χ3v) is 2.67. The number of phenolic OH excluding ortho intramolecular Hbond substituents is 1. The van der Waals surface area contributed by atoms with Crippen molar-refractivity contribution >= 4 is 11.6 Å². The number of halogens is 2. The molecule has 1 aromatic rings. The zero-order valence-electron chi connectivity index (χ0n) is 6.90. The molecule has 4 heteroatoms. The Morgan fingerprint density at radius 1 is 1.46 bits per heavy atom. The molecule has 1 aliphatic heterocycles. The molecule has 0 saturated carbocycles. The van der Waals surface area contributed by atoms with Crippen molar-refractivity contribution in [1.29, 1.82) is 0 Å². The lowest BCUT2D eigenvalue weighted by Gasteiger charge is -2.19. The fourth-order valence-corrected chi connectivity index (χ4v) is 1.85. The van der Waals surface area contributed by atoms with Crippen molar-refractivity contribution in [3.8, 4) is 5.75 Å². The van der Waals surface area contributed by atoms with Gasteiger partial charge in [0.1, 0.15) is 11.6 Å². The molecule has 13 heavy (non-hydrogen) atoms. The van der Waals surface area contributed by atoms with Crippen LogP contribution in [0.3, 0.4) is 0 Å². The summed E-state index contributed by atoms with van der Waals surface area (Å²) in [5, 5.41) is 12.7. The van der Waals surface area contributed by atoms with Gasteiger partial charge in [0.15, 0.2) is 0 Å². The maximum Gasteiger partial charge on any atom is 0.145 e. The molecular formula is C9H9ClFNO. The Morgan fingerprint density at radius 3 is 3.00 bits per heavy atom. The molecule has 1 aromatic carbocycles. The lowest BCUT2D eigenvalue weighted by molar-refractivity contribution is 0.452. The first-order valence-electron chi connectivity index (χ1n) is 4.09. The molecule has 0 atom stereocenters. The molecule has 2 N–H and O–H groups in total. The number of nitrogens with one attached hydrogen (secondary N) is 1. The van der Waals surface area contributed by atoms with E-state index in [0.29, 0.717) is 13.0 Å². The summed E-state index contributed by atoms with van der Waals surface area (Å²) in [5.41, 5.74) is 1.45. The van der Waals surface area contributed by atoms with Crippen molar-refractivity contribution < 1.29 is 9.50 Å². The fraction of sp³-hybridized carbons (Fsp3) is 0.333. The van der Waals surface area contributed by atoms with Crippen LogP contribution in [0.5, 0.6) is 5.75 Å². The standard InChI is InChI=1S/C9H9ClFNO/c10-9-5-1-2-12-4-6(5)8(13)3-7(9)11/h3,12-13H,1-2,4H2. The van der Waals surface area contributed by atoms with Crippen molar-refractivity contribution in [2.24, 2.45) is 0 Å². The highest BCUT2D eigenvalue weighted by Gasteiger charge is 2.18. The van der Waals surface area contributed by atoms with Crippen LogP contribution in [0.2, 0.25) is 5.02 Å². The number of phenols is 1. The van der Waals surface area contributed by atoms with E-state index in [1.807, 2.05) is 0 Å². The predicted molar refractivity (Wildman–Crippen MR) is 48.5 cm³/mol. The van der Waals surface area contributed by atoms with E-state index in [2.05, 4.69) is 5.32 Å². The molecular weight excluding hydrogens is 193 g/mol. The Balaban J connectivity index is 2.63. The second kappa shape index (κ2) is 3.16. The van der Waals surface area contributed by atoms with Crippen molar-refractivity contribution in [3.63, 3.8) is 0 Å². The second-order valence-electron chi connectivity index (χ2n) is 3.08. The molecule has 0 saturated heterocycles. The van der Waals surface area contributed by atoms with Gasteiger partial charge < -0.3 is 10.4 Å². The molecule has 0 fully saturated rings. The lowest BCUT2D eigenvalue weighted by atomic mass is 10.00. The van der Waals surface area contributed by atoms with Gasteiger partial charge in [-0.2, -0.15) is 0 Å².